The Morgan fingerprint density at radius 2 is 1.72 bits per heavy atom. The highest BCUT2D eigenvalue weighted by molar-refractivity contribution is 8.18. The van der Waals surface area contributed by atoms with Gasteiger partial charge in [0.2, 0.25) is 0 Å². The van der Waals surface area contributed by atoms with Gasteiger partial charge >= 0.3 is 0 Å². The fourth-order valence-corrected chi connectivity index (χ4v) is 4.83. The Bertz CT molecular complexity index is 1500. The number of carbonyl (C=O) groups is 2. The number of benzene rings is 3. The highest BCUT2D eigenvalue weighted by atomic mass is 35.5. The fourth-order valence-electron chi connectivity index (χ4n) is 3.66. The predicted molar refractivity (Wildman–Crippen MR) is 140 cm³/mol. The maximum atomic E-state index is 13.4. The number of para-hydroxylation sites is 1. The van der Waals surface area contributed by atoms with Crippen molar-refractivity contribution in [3.8, 4) is 11.3 Å². The normalized spacial score (nSPS) is 15.7. The number of amides is 1. The Morgan fingerprint density at radius 3 is 2.44 bits per heavy atom. The zero-order chi connectivity index (χ0) is 25.1. The Hall–Kier alpha value is -4.07. The van der Waals surface area contributed by atoms with Crippen molar-refractivity contribution in [3.63, 3.8) is 0 Å². The molecule has 0 bridgehead atoms. The van der Waals surface area contributed by atoms with E-state index >= 15 is 0 Å². The standard InChI is InChI=1S/C28H19ClN2O4S/c29-23-13-11-19(15-22(23)27(33)34)24-14-12-21(35-24)16-25-26(32)31(17-18-7-3-1-4-8-18)28(36-25)30-20-9-5-2-6-10-20/h1-16H,17H2,(H,33,34)/p-1/b25-16+,30-28?. The van der Waals surface area contributed by atoms with E-state index in [1.807, 2.05) is 60.7 Å². The van der Waals surface area contributed by atoms with Crippen molar-refractivity contribution in [2.75, 3.05) is 0 Å². The first-order chi connectivity index (χ1) is 17.5. The molecule has 0 atom stereocenters. The number of carboxylic acid groups (broad SMARTS) is 1. The lowest BCUT2D eigenvalue weighted by Gasteiger charge is -2.15. The fraction of sp³-hybridized carbons (Fsp3) is 0.0357. The van der Waals surface area contributed by atoms with Crippen LogP contribution in [0.1, 0.15) is 21.7 Å². The number of aromatic carboxylic acids is 1. The molecule has 0 radical (unpaired) electrons. The van der Waals surface area contributed by atoms with Crippen molar-refractivity contribution in [2.24, 2.45) is 4.99 Å². The summed E-state index contributed by atoms with van der Waals surface area (Å²) in [6.07, 6.45) is 1.66. The number of amidine groups is 1. The minimum Gasteiger partial charge on any atom is -0.545 e. The highest BCUT2D eigenvalue weighted by Crippen LogP contribution is 2.36. The minimum absolute atomic E-state index is 0.0874. The van der Waals surface area contributed by atoms with Crippen molar-refractivity contribution in [1.29, 1.82) is 0 Å². The van der Waals surface area contributed by atoms with Crippen LogP contribution in [0.5, 0.6) is 0 Å². The molecule has 1 aromatic heterocycles. The van der Waals surface area contributed by atoms with E-state index in [0.29, 0.717) is 33.7 Å². The molecule has 0 aliphatic carbocycles. The second-order valence-electron chi connectivity index (χ2n) is 7.90. The quantitative estimate of drug-likeness (QED) is 0.306. The molecule has 178 valence electrons. The summed E-state index contributed by atoms with van der Waals surface area (Å²) in [5.41, 5.74) is 2.15. The van der Waals surface area contributed by atoms with Crippen molar-refractivity contribution in [1.82, 2.24) is 4.90 Å². The molecule has 1 aliphatic rings. The Balaban J connectivity index is 1.46. The van der Waals surface area contributed by atoms with E-state index < -0.39 is 5.97 Å². The summed E-state index contributed by atoms with van der Waals surface area (Å²) in [6.45, 7) is 0.385. The number of furan rings is 1. The zero-order valence-electron chi connectivity index (χ0n) is 18.8. The number of hydrogen-bond donors (Lipinski definition) is 0. The summed E-state index contributed by atoms with van der Waals surface area (Å²) in [5, 5.41) is 12.0. The molecule has 0 saturated carbocycles. The van der Waals surface area contributed by atoms with Crippen molar-refractivity contribution in [2.45, 2.75) is 6.54 Å². The molecule has 8 heteroatoms. The highest BCUT2D eigenvalue weighted by Gasteiger charge is 2.33. The summed E-state index contributed by atoms with van der Waals surface area (Å²) in [7, 11) is 0. The number of aliphatic imine (C=N–C) groups is 1. The van der Waals surface area contributed by atoms with Gasteiger partial charge in [-0.05, 0) is 59.8 Å². The molecule has 1 amide bonds. The number of rotatable bonds is 6. The molecule has 0 spiro atoms. The van der Waals surface area contributed by atoms with Crippen LogP contribution in [-0.2, 0) is 11.3 Å². The molecule has 36 heavy (non-hydrogen) atoms. The van der Waals surface area contributed by atoms with Gasteiger partial charge in [-0.2, -0.15) is 0 Å². The molecule has 6 nitrogen and oxygen atoms in total. The van der Waals surface area contributed by atoms with Crippen LogP contribution in [0.4, 0.5) is 5.69 Å². The maximum absolute atomic E-state index is 13.4. The van der Waals surface area contributed by atoms with Crippen LogP contribution >= 0.6 is 23.4 Å². The topological polar surface area (TPSA) is 85.9 Å². The zero-order valence-corrected chi connectivity index (χ0v) is 20.3. The molecular formula is C28H18ClN2O4S-. The average molecular weight is 514 g/mol. The molecule has 1 aliphatic heterocycles. The Kier molecular flexibility index (Phi) is 6.75. The lowest BCUT2D eigenvalue weighted by atomic mass is 10.1. The van der Waals surface area contributed by atoms with Crippen molar-refractivity contribution in [3.05, 3.63) is 118 Å². The van der Waals surface area contributed by atoms with E-state index in [4.69, 9.17) is 21.0 Å². The first-order valence-electron chi connectivity index (χ1n) is 11.0. The van der Waals surface area contributed by atoms with Crippen LogP contribution in [0, 0.1) is 0 Å². The lowest BCUT2D eigenvalue weighted by Crippen LogP contribution is -2.28. The summed E-state index contributed by atoms with van der Waals surface area (Å²) in [6, 6.07) is 27.1. The number of halogens is 1. The second kappa shape index (κ2) is 10.3. The van der Waals surface area contributed by atoms with Gasteiger partial charge < -0.3 is 14.3 Å². The molecule has 1 saturated heterocycles. The van der Waals surface area contributed by atoms with Crippen molar-refractivity contribution >= 4 is 52.2 Å². The predicted octanol–water partition coefficient (Wildman–Crippen LogP) is 5.77. The van der Waals surface area contributed by atoms with Crippen LogP contribution in [0.15, 0.2) is 105 Å². The number of nitrogens with zero attached hydrogens (tertiary/aromatic N) is 2. The molecule has 3 aromatic carbocycles. The summed E-state index contributed by atoms with van der Waals surface area (Å²) >= 11 is 7.21. The van der Waals surface area contributed by atoms with Gasteiger partial charge in [-0.15, -0.1) is 0 Å². The SMILES string of the molecule is O=C([O-])c1cc(-c2ccc(/C=C3/SC(=Nc4ccccc4)N(Cc4ccccc4)C3=O)o2)ccc1Cl. The lowest BCUT2D eigenvalue weighted by molar-refractivity contribution is -0.255. The number of hydrogen-bond acceptors (Lipinski definition) is 6. The van der Waals surface area contributed by atoms with Crippen LogP contribution < -0.4 is 5.11 Å². The third kappa shape index (κ3) is 5.12. The smallest absolute Gasteiger partial charge is 0.267 e. The van der Waals surface area contributed by atoms with Gasteiger partial charge in [0, 0.05) is 22.2 Å². The van der Waals surface area contributed by atoms with E-state index in [1.54, 1.807) is 29.2 Å². The molecule has 1 fully saturated rings. The third-order valence-electron chi connectivity index (χ3n) is 5.42. The minimum atomic E-state index is -1.37. The van der Waals surface area contributed by atoms with E-state index in [2.05, 4.69) is 0 Å². The van der Waals surface area contributed by atoms with E-state index in [-0.39, 0.29) is 16.5 Å². The number of thioether (sulfide) groups is 1. The van der Waals surface area contributed by atoms with Crippen LogP contribution in [-0.4, -0.2) is 21.9 Å². The summed E-state index contributed by atoms with van der Waals surface area (Å²) < 4.78 is 5.90. The molecule has 2 heterocycles. The first-order valence-corrected chi connectivity index (χ1v) is 12.2. The van der Waals surface area contributed by atoms with E-state index in [0.717, 1.165) is 11.3 Å². The van der Waals surface area contributed by atoms with Gasteiger partial charge in [0.15, 0.2) is 5.17 Å². The molecule has 4 aromatic rings. The van der Waals surface area contributed by atoms with Gasteiger partial charge in [0.25, 0.3) is 5.91 Å². The molecular weight excluding hydrogens is 496 g/mol. The van der Waals surface area contributed by atoms with Crippen LogP contribution in [0.2, 0.25) is 5.02 Å². The molecule has 0 N–H and O–H groups in total. The first kappa shape index (κ1) is 23.7. The van der Waals surface area contributed by atoms with Gasteiger partial charge in [0.05, 0.1) is 23.1 Å². The molecule has 5 rings (SSSR count). The van der Waals surface area contributed by atoms with Gasteiger partial charge in [-0.25, -0.2) is 4.99 Å². The van der Waals surface area contributed by atoms with Crippen LogP contribution in [0.3, 0.4) is 0 Å². The average Bonchev–Trinajstić information content (AvgIpc) is 3.46. The number of carbonyl (C=O) groups excluding carboxylic acids is 2. The van der Waals surface area contributed by atoms with E-state index in [9.17, 15) is 14.7 Å². The van der Waals surface area contributed by atoms with Gasteiger partial charge in [0.1, 0.15) is 11.5 Å². The summed E-state index contributed by atoms with van der Waals surface area (Å²) in [4.78, 5) is 31.5. The van der Waals surface area contributed by atoms with E-state index in [1.165, 1.54) is 23.9 Å². The Morgan fingerprint density at radius 1 is 1.00 bits per heavy atom. The molecule has 0 unspecified atom stereocenters. The van der Waals surface area contributed by atoms with Gasteiger partial charge in [-0.1, -0.05) is 60.1 Å². The van der Waals surface area contributed by atoms with Crippen LogP contribution in [0.25, 0.3) is 17.4 Å². The number of carboxylic acids is 1. The monoisotopic (exact) mass is 513 g/mol. The van der Waals surface area contributed by atoms with Gasteiger partial charge in [-0.3, -0.25) is 9.69 Å². The third-order valence-corrected chi connectivity index (χ3v) is 6.76. The second-order valence-corrected chi connectivity index (χ2v) is 9.32. The summed E-state index contributed by atoms with van der Waals surface area (Å²) in [5.74, 6) is -0.656. The maximum Gasteiger partial charge on any atom is 0.267 e. The largest absolute Gasteiger partial charge is 0.545 e. The Labute approximate surface area is 216 Å². The van der Waals surface area contributed by atoms with Crippen molar-refractivity contribution < 1.29 is 19.1 Å².